The van der Waals surface area contributed by atoms with E-state index in [0.717, 1.165) is 19.3 Å². The van der Waals surface area contributed by atoms with Crippen molar-refractivity contribution in [1.82, 2.24) is 4.72 Å². The smallest absolute Gasteiger partial charge is 0.240 e. The molecule has 0 spiro atoms. The van der Waals surface area contributed by atoms with E-state index in [1.807, 2.05) is 6.07 Å². The Morgan fingerprint density at radius 1 is 1.45 bits per heavy atom. The first-order valence-corrected chi connectivity index (χ1v) is 8.19. The van der Waals surface area contributed by atoms with Gasteiger partial charge in [-0.2, -0.15) is 5.26 Å². The minimum absolute atomic E-state index is 0.0825. The highest BCUT2D eigenvalue weighted by Crippen LogP contribution is 2.26. The van der Waals surface area contributed by atoms with E-state index in [0.29, 0.717) is 17.7 Å². The summed E-state index contributed by atoms with van der Waals surface area (Å²) in [5.41, 5.74) is 6.83. The predicted octanol–water partition coefficient (Wildman–Crippen LogP) is 1.27. The molecule has 1 fully saturated rings. The van der Waals surface area contributed by atoms with E-state index in [4.69, 9.17) is 11.0 Å². The highest BCUT2D eigenvalue weighted by Gasteiger charge is 2.30. The summed E-state index contributed by atoms with van der Waals surface area (Å²) in [6.45, 7) is 2.23. The number of sulfonamides is 1. The zero-order valence-corrected chi connectivity index (χ0v) is 12.3. The summed E-state index contributed by atoms with van der Waals surface area (Å²) in [6.07, 6.45) is 2.80. The first-order chi connectivity index (χ1) is 9.47. The maximum atomic E-state index is 12.4. The van der Waals surface area contributed by atoms with Gasteiger partial charge in [0.25, 0.3) is 0 Å². The molecule has 108 valence electrons. The summed E-state index contributed by atoms with van der Waals surface area (Å²) in [4.78, 5) is 0.205. The number of hydrogen-bond donors (Lipinski definition) is 2. The Balaban J connectivity index is 2.23. The fourth-order valence-electron chi connectivity index (χ4n) is 2.67. The van der Waals surface area contributed by atoms with Crippen LogP contribution in [0.25, 0.3) is 0 Å². The fourth-order valence-corrected chi connectivity index (χ4v) is 4.09. The molecule has 1 aromatic rings. The molecule has 5 nitrogen and oxygen atoms in total. The van der Waals surface area contributed by atoms with Gasteiger partial charge in [0, 0.05) is 6.04 Å². The lowest BCUT2D eigenvalue weighted by molar-refractivity contribution is 0.453. The van der Waals surface area contributed by atoms with Crippen LogP contribution in [-0.2, 0) is 10.0 Å². The number of aryl methyl sites for hydroxylation is 1. The van der Waals surface area contributed by atoms with Crippen LogP contribution in [0, 0.1) is 24.2 Å². The van der Waals surface area contributed by atoms with E-state index in [1.54, 1.807) is 13.0 Å². The Labute approximate surface area is 119 Å². The fraction of sp³-hybridized carbons (Fsp3) is 0.500. The lowest BCUT2D eigenvalue weighted by Gasteiger charge is -2.19. The first kappa shape index (κ1) is 15.0. The zero-order chi connectivity index (χ0) is 14.8. The van der Waals surface area contributed by atoms with Crippen LogP contribution in [0.4, 0.5) is 0 Å². The lowest BCUT2D eigenvalue weighted by atomic mass is 10.1. The molecule has 2 unspecified atom stereocenters. The van der Waals surface area contributed by atoms with Crippen LogP contribution < -0.4 is 10.5 Å². The van der Waals surface area contributed by atoms with Gasteiger partial charge in [-0.25, -0.2) is 13.1 Å². The van der Waals surface area contributed by atoms with Gasteiger partial charge in [0.1, 0.15) is 0 Å². The van der Waals surface area contributed by atoms with Gasteiger partial charge in [0.15, 0.2) is 0 Å². The Morgan fingerprint density at radius 3 is 2.80 bits per heavy atom. The Hall–Kier alpha value is -1.42. The van der Waals surface area contributed by atoms with Crippen molar-refractivity contribution in [2.24, 2.45) is 11.7 Å². The van der Waals surface area contributed by atoms with Gasteiger partial charge in [0.05, 0.1) is 16.5 Å². The number of rotatable bonds is 4. The van der Waals surface area contributed by atoms with Crippen molar-refractivity contribution in [3.8, 4) is 6.07 Å². The predicted molar refractivity (Wildman–Crippen MR) is 76.4 cm³/mol. The van der Waals surface area contributed by atoms with Gasteiger partial charge in [-0.15, -0.1) is 0 Å². The summed E-state index contributed by atoms with van der Waals surface area (Å²) in [6, 6.07) is 6.50. The molecule has 1 aliphatic rings. The third-order valence-electron chi connectivity index (χ3n) is 3.90. The normalized spacial score (nSPS) is 22.6. The second kappa shape index (κ2) is 5.92. The SMILES string of the molecule is Cc1cc(S(=O)(=O)NC2CCCC2CN)ccc1C#N. The van der Waals surface area contributed by atoms with Crippen molar-refractivity contribution >= 4 is 10.0 Å². The van der Waals surface area contributed by atoms with Gasteiger partial charge in [-0.3, -0.25) is 0 Å². The van der Waals surface area contributed by atoms with E-state index in [9.17, 15) is 8.42 Å². The molecule has 3 N–H and O–H groups in total. The van der Waals surface area contributed by atoms with E-state index in [2.05, 4.69) is 4.72 Å². The Kier molecular flexibility index (Phi) is 4.43. The van der Waals surface area contributed by atoms with Crippen LogP contribution in [0.5, 0.6) is 0 Å². The number of nitrogens with two attached hydrogens (primary N) is 1. The van der Waals surface area contributed by atoms with Crippen LogP contribution in [-0.4, -0.2) is 21.0 Å². The largest absolute Gasteiger partial charge is 0.330 e. The summed E-state index contributed by atoms with van der Waals surface area (Å²) >= 11 is 0. The quantitative estimate of drug-likeness (QED) is 0.873. The zero-order valence-electron chi connectivity index (χ0n) is 11.5. The molecule has 0 aliphatic heterocycles. The maximum Gasteiger partial charge on any atom is 0.240 e. The van der Waals surface area contributed by atoms with Crippen molar-refractivity contribution in [3.63, 3.8) is 0 Å². The summed E-state index contributed by atoms with van der Waals surface area (Å²) in [5.74, 6) is 0.212. The average Bonchev–Trinajstić information content (AvgIpc) is 2.85. The van der Waals surface area contributed by atoms with E-state index in [1.165, 1.54) is 12.1 Å². The summed E-state index contributed by atoms with van der Waals surface area (Å²) in [5, 5.41) is 8.88. The molecule has 0 heterocycles. The number of nitrogens with zero attached hydrogens (tertiary/aromatic N) is 1. The third-order valence-corrected chi connectivity index (χ3v) is 5.38. The molecule has 1 aliphatic carbocycles. The second-order valence-electron chi connectivity index (χ2n) is 5.24. The number of nitrogens with one attached hydrogen (secondary N) is 1. The van der Waals surface area contributed by atoms with Gasteiger partial charge < -0.3 is 5.73 Å². The van der Waals surface area contributed by atoms with Crippen LogP contribution in [0.3, 0.4) is 0 Å². The van der Waals surface area contributed by atoms with E-state index in [-0.39, 0.29) is 16.9 Å². The summed E-state index contributed by atoms with van der Waals surface area (Å²) < 4.78 is 27.5. The summed E-state index contributed by atoms with van der Waals surface area (Å²) in [7, 11) is -3.55. The molecule has 0 aromatic heterocycles. The van der Waals surface area contributed by atoms with Crippen molar-refractivity contribution in [3.05, 3.63) is 29.3 Å². The van der Waals surface area contributed by atoms with Crippen LogP contribution in [0.1, 0.15) is 30.4 Å². The molecule has 2 atom stereocenters. The molecule has 6 heteroatoms. The standard InChI is InChI=1S/C14H19N3O2S/c1-10-7-13(6-5-11(10)8-15)20(18,19)17-14-4-2-3-12(14)9-16/h5-7,12,14,17H,2-4,9,16H2,1H3. The van der Waals surface area contributed by atoms with Gasteiger partial charge in [-0.05, 0) is 56.0 Å². The topological polar surface area (TPSA) is 96.0 Å². The maximum absolute atomic E-state index is 12.4. The second-order valence-corrected chi connectivity index (χ2v) is 6.96. The Bertz CT molecular complexity index is 634. The molecule has 1 aromatic carbocycles. The Morgan fingerprint density at radius 2 is 2.20 bits per heavy atom. The van der Waals surface area contributed by atoms with Gasteiger partial charge in [0.2, 0.25) is 10.0 Å². The van der Waals surface area contributed by atoms with Crippen LogP contribution in [0.15, 0.2) is 23.1 Å². The average molecular weight is 293 g/mol. The molecule has 0 saturated heterocycles. The highest BCUT2D eigenvalue weighted by atomic mass is 32.2. The lowest BCUT2D eigenvalue weighted by Crippen LogP contribution is -2.39. The molecule has 20 heavy (non-hydrogen) atoms. The number of benzene rings is 1. The van der Waals surface area contributed by atoms with Gasteiger partial charge >= 0.3 is 0 Å². The van der Waals surface area contributed by atoms with Crippen molar-refractivity contribution in [2.45, 2.75) is 37.1 Å². The van der Waals surface area contributed by atoms with E-state index >= 15 is 0 Å². The minimum Gasteiger partial charge on any atom is -0.330 e. The van der Waals surface area contributed by atoms with E-state index < -0.39 is 10.0 Å². The molecule has 2 rings (SSSR count). The van der Waals surface area contributed by atoms with Crippen molar-refractivity contribution in [1.29, 1.82) is 5.26 Å². The van der Waals surface area contributed by atoms with Gasteiger partial charge in [-0.1, -0.05) is 6.42 Å². The third kappa shape index (κ3) is 3.01. The molecule has 1 saturated carbocycles. The highest BCUT2D eigenvalue weighted by molar-refractivity contribution is 7.89. The van der Waals surface area contributed by atoms with Crippen molar-refractivity contribution in [2.75, 3.05) is 6.54 Å². The van der Waals surface area contributed by atoms with Crippen molar-refractivity contribution < 1.29 is 8.42 Å². The number of hydrogen-bond acceptors (Lipinski definition) is 4. The monoisotopic (exact) mass is 293 g/mol. The first-order valence-electron chi connectivity index (χ1n) is 6.71. The van der Waals surface area contributed by atoms with Crippen LogP contribution >= 0.6 is 0 Å². The number of nitriles is 1. The molecular formula is C14H19N3O2S. The molecule has 0 bridgehead atoms. The minimum atomic E-state index is -3.55. The molecular weight excluding hydrogens is 274 g/mol. The molecule has 0 amide bonds. The van der Waals surface area contributed by atoms with Crippen LogP contribution in [0.2, 0.25) is 0 Å². The molecule has 0 radical (unpaired) electrons.